The molecule has 10 heteroatoms. The van der Waals surface area contributed by atoms with Gasteiger partial charge < -0.3 is 15.2 Å². The van der Waals surface area contributed by atoms with Crippen LogP contribution < -0.4 is 10.5 Å². The molecule has 0 atom stereocenters. The minimum atomic E-state index is -5.15. The predicted molar refractivity (Wildman–Crippen MR) is 64.1 cm³/mol. The first-order valence-electron chi connectivity index (χ1n) is 6.10. The van der Waals surface area contributed by atoms with Crippen LogP contribution in [0.25, 0.3) is 0 Å². The molecule has 0 spiro atoms. The monoisotopic (exact) mass is 328 g/mol. The molecular formula is C12H13F5N2O3. The van der Waals surface area contributed by atoms with Crippen LogP contribution in [0.3, 0.4) is 0 Å². The van der Waals surface area contributed by atoms with Gasteiger partial charge in [-0.25, -0.2) is 13.8 Å². The lowest BCUT2D eigenvalue weighted by molar-refractivity contribution is -0.275. The largest absolute Gasteiger partial charge is 0.573 e. The summed E-state index contributed by atoms with van der Waals surface area (Å²) in [5, 5.41) is 0. The zero-order valence-corrected chi connectivity index (χ0v) is 11.4. The summed E-state index contributed by atoms with van der Waals surface area (Å²) in [6.07, 6.45) is -8.95. The second-order valence-electron chi connectivity index (χ2n) is 4.01. The molecule has 0 fully saturated rings. The van der Waals surface area contributed by atoms with Crippen LogP contribution in [-0.2, 0) is 22.5 Å². The van der Waals surface area contributed by atoms with Gasteiger partial charge in [-0.2, -0.15) is 0 Å². The first-order valence-corrected chi connectivity index (χ1v) is 6.10. The summed E-state index contributed by atoms with van der Waals surface area (Å²) >= 11 is 0. The molecular weight excluding hydrogens is 315 g/mol. The lowest BCUT2D eigenvalue weighted by atomic mass is 10.1. The number of nitrogens with two attached hydrogens (primary N) is 1. The second-order valence-corrected chi connectivity index (χ2v) is 4.01. The van der Waals surface area contributed by atoms with Crippen molar-refractivity contribution in [3.63, 3.8) is 0 Å². The molecule has 0 aliphatic heterocycles. The van der Waals surface area contributed by atoms with E-state index in [-0.39, 0.29) is 24.4 Å². The van der Waals surface area contributed by atoms with Crippen molar-refractivity contribution >= 4 is 5.97 Å². The van der Waals surface area contributed by atoms with Crippen molar-refractivity contribution in [2.75, 3.05) is 6.61 Å². The van der Waals surface area contributed by atoms with Gasteiger partial charge >= 0.3 is 12.3 Å². The summed E-state index contributed by atoms with van der Waals surface area (Å²) in [6, 6.07) is 0.705. The number of pyridine rings is 1. The molecule has 0 amide bonds. The van der Waals surface area contributed by atoms with E-state index < -0.39 is 36.6 Å². The summed E-state index contributed by atoms with van der Waals surface area (Å²) in [7, 11) is 0. The molecule has 2 N–H and O–H groups in total. The maximum absolute atomic E-state index is 12.8. The molecule has 1 heterocycles. The Bertz CT molecular complexity index is 534. The molecule has 1 aromatic rings. The minimum Gasteiger partial charge on any atom is -0.466 e. The average Bonchev–Trinajstić information content (AvgIpc) is 2.38. The fourth-order valence-electron chi connectivity index (χ4n) is 1.63. The molecule has 0 aromatic carbocycles. The van der Waals surface area contributed by atoms with E-state index in [0.29, 0.717) is 6.07 Å². The van der Waals surface area contributed by atoms with Gasteiger partial charge in [0, 0.05) is 6.54 Å². The van der Waals surface area contributed by atoms with Gasteiger partial charge in [-0.05, 0) is 18.6 Å². The highest BCUT2D eigenvalue weighted by Crippen LogP contribution is 2.33. The SMILES string of the molecule is CCOC(=O)Cc1nc(C(F)F)c(OC(F)(F)F)cc1CN. The summed E-state index contributed by atoms with van der Waals surface area (Å²) in [6.45, 7) is 1.30. The van der Waals surface area contributed by atoms with Crippen LogP contribution in [0.1, 0.15) is 30.3 Å². The van der Waals surface area contributed by atoms with Crippen molar-refractivity contribution in [3.05, 3.63) is 23.0 Å². The van der Waals surface area contributed by atoms with Crippen LogP contribution >= 0.6 is 0 Å². The quantitative estimate of drug-likeness (QED) is 0.641. The smallest absolute Gasteiger partial charge is 0.466 e. The van der Waals surface area contributed by atoms with Crippen molar-refractivity contribution in [1.29, 1.82) is 0 Å². The zero-order chi connectivity index (χ0) is 16.9. The lowest BCUT2D eigenvalue weighted by Crippen LogP contribution is -2.20. The average molecular weight is 328 g/mol. The molecule has 0 saturated heterocycles. The second kappa shape index (κ2) is 7.34. The number of carbonyl (C=O) groups excluding carboxylic acids is 1. The third kappa shape index (κ3) is 5.10. The van der Waals surface area contributed by atoms with Crippen molar-refractivity contribution in [2.45, 2.75) is 32.7 Å². The van der Waals surface area contributed by atoms with E-state index in [1.165, 1.54) is 0 Å². The number of hydrogen-bond acceptors (Lipinski definition) is 5. The van der Waals surface area contributed by atoms with E-state index in [9.17, 15) is 26.7 Å². The minimum absolute atomic E-state index is 0.0169. The maximum atomic E-state index is 12.8. The Balaban J connectivity index is 3.24. The number of halogens is 5. The van der Waals surface area contributed by atoms with Crippen LogP contribution in [-0.4, -0.2) is 23.9 Å². The van der Waals surface area contributed by atoms with E-state index in [0.717, 1.165) is 0 Å². The lowest BCUT2D eigenvalue weighted by Gasteiger charge is -2.16. The predicted octanol–water partition coefficient (Wildman–Crippen LogP) is 2.48. The van der Waals surface area contributed by atoms with E-state index in [2.05, 4.69) is 14.5 Å². The Morgan fingerprint density at radius 2 is 2.05 bits per heavy atom. The number of hydrogen-bond donors (Lipinski definition) is 1. The van der Waals surface area contributed by atoms with Crippen LogP contribution in [0.2, 0.25) is 0 Å². The number of rotatable bonds is 6. The highest BCUT2D eigenvalue weighted by molar-refractivity contribution is 5.72. The topological polar surface area (TPSA) is 74.4 Å². The standard InChI is InChI=1S/C12H13F5N2O3/c1-2-21-9(20)4-7-6(5-18)3-8(22-12(15,16)17)10(19-7)11(13)14/h3,11H,2,4-5,18H2,1H3. The maximum Gasteiger partial charge on any atom is 0.573 e. The van der Waals surface area contributed by atoms with Gasteiger partial charge in [0.05, 0.1) is 18.7 Å². The van der Waals surface area contributed by atoms with Crippen molar-refractivity contribution in [2.24, 2.45) is 5.73 Å². The number of esters is 1. The third-order valence-corrected chi connectivity index (χ3v) is 2.45. The first kappa shape index (κ1) is 18.1. The Labute approximate surface area is 122 Å². The summed E-state index contributed by atoms with van der Waals surface area (Å²) in [5.41, 5.74) is 3.94. The first-order chi connectivity index (χ1) is 10.2. The Morgan fingerprint density at radius 3 is 2.50 bits per heavy atom. The van der Waals surface area contributed by atoms with E-state index >= 15 is 0 Å². The fraction of sp³-hybridized carbons (Fsp3) is 0.500. The molecule has 0 radical (unpaired) electrons. The normalized spacial score (nSPS) is 11.6. The molecule has 1 rings (SSSR count). The number of ether oxygens (including phenoxy) is 2. The number of alkyl halides is 5. The molecule has 1 aromatic heterocycles. The molecule has 0 unspecified atom stereocenters. The van der Waals surface area contributed by atoms with Crippen molar-refractivity contribution in [1.82, 2.24) is 4.98 Å². The summed E-state index contributed by atoms with van der Waals surface area (Å²) in [5.74, 6) is -1.90. The third-order valence-electron chi connectivity index (χ3n) is 2.45. The van der Waals surface area contributed by atoms with Crippen LogP contribution in [0.4, 0.5) is 22.0 Å². The highest BCUT2D eigenvalue weighted by Gasteiger charge is 2.34. The molecule has 22 heavy (non-hydrogen) atoms. The van der Waals surface area contributed by atoms with E-state index in [4.69, 9.17) is 5.73 Å². The van der Waals surface area contributed by atoms with Gasteiger partial charge in [-0.1, -0.05) is 0 Å². The van der Waals surface area contributed by atoms with Crippen molar-refractivity contribution < 1.29 is 36.2 Å². The van der Waals surface area contributed by atoms with Gasteiger partial charge in [0.1, 0.15) is 5.69 Å². The van der Waals surface area contributed by atoms with Gasteiger partial charge in [-0.15, -0.1) is 13.2 Å². The highest BCUT2D eigenvalue weighted by atomic mass is 19.4. The van der Waals surface area contributed by atoms with Gasteiger partial charge in [0.15, 0.2) is 5.75 Å². The molecule has 0 bridgehead atoms. The van der Waals surface area contributed by atoms with Gasteiger partial charge in [0.2, 0.25) is 0 Å². The van der Waals surface area contributed by atoms with Crippen LogP contribution in [0.5, 0.6) is 5.75 Å². The van der Waals surface area contributed by atoms with Gasteiger partial charge in [0.25, 0.3) is 6.43 Å². The fourth-order valence-corrected chi connectivity index (χ4v) is 1.63. The number of nitrogens with zero attached hydrogens (tertiary/aromatic N) is 1. The Morgan fingerprint density at radius 1 is 1.41 bits per heavy atom. The summed E-state index contributed by atoms with van der Waals surface area (Å²) in [4.78, 5) is 14.8. The molecule has 0 aliphatic rings. The van der Waals surface area contributed by atoms with Crippen molar-refractivity contribution in [3.8, 4) is 5.75 Å². The van der Waals surface area contributed by atoms with E-state index in [1.54, 1.807) is 6.92 Å². The van der Waals surface area contributed by atoms with Gasteiger partial charge in [-0.3, -0.25) is 4.79 Å². The van der Waals surface area contributed by atoms with Crippen LogP contribution in [0, 0.1) is 0 Å². The number of carbonyl (C=O) groups is 1. The summed E-state index contributed by atoms with van der Waals surface area (Å²) < 4.78 is 70.6. The van der Waals surface area contributed by atoms with Crippen LogP contribution in [0.15, 0.2) is 6.07 Å². The molecule has 124 valence electrons. The molecule has 0 aliphatic carbocycles. The molecule has 5 nitrogen and oxygen atoms in total. The molecule has 0 saturated carbocycles. The number of aromatic nitrogens is 1. The van der Waals surface area contributed by atoms with E-state index in [1.807, 2.05) is 0 Å². The Hall–Kier alpha value is -1.97. The Kier molecular flexibility index (Phi) is 6.03. The zero-order valence-electron chi connectivity index (χ0n) is 11.4.